The van der Waals surface area contributed by atoms with E-state index in [1.165, 1.54) is 12.8 Å². The van der Waals surface area contributed by atoms with Crippen LogP contribution in [-0.4, -0.2) is 61.3 Å². The second kappa shape index (κ2) is 9.76. The Morgan fingerprint density at radius 1 is 1.19 bits per heavy atom. The molecule has 0 atom stereocenters. The molecule has 1 aromatic rings. The lowest BCUT2D eigenvalue weighted by Crippen LogP contribution is -2.47. The zero-order chi connectivity index (χ0) is 18.2. The Morgan fingerprint density at radius 2 is 1.96 bits per heavy atom. The molecule has 1 aromatic heterocycles. The number of pyridine rings is 1. The van der Waals surface area contributed by atoms with Gasteiger partial charge in [0.05, 0.1) is 12.6 Å². The first-order valence-corrected chi connectivity index (χ1v) is 10.1. The van der Waals surface area contributed by atoms with E-state index in [-0.39, 0.29) is 0 Å². The molecule has 3 heterocycles. The number of piperidine rings is 1. The summed E-state index contributed by atoms with van der Waals surface area (Å²) >= 11 is 0. The highest BCUT2D eigenvalue weighted by molar-refractivity contribution is 5.80. The summed E-state index contributed by atoms with van der Waals surface area (Å²) in [6, 6.07) is 4.30. The van der Waals surface area contributed by atoms with Gasteiger partial charge in [0.25, 0.3) is 0 Å². The van der Waals surface area contributed by atoms with Crippen molar-refractivity contribution in [3.05, 3.63) is 23.9 Å². The fourth-order valence-electron chi connectivity index (χ4n) is 3.71. The average Bonchev–Trinajstić information content (AvgIpc) is 3.21. The van der Waals surface area contributed by atoms with Crippen LogP contribution in [-0.2, 0) is 11.3 Å². The van der Waals surface area contributed by atoms with E-state index in [0.29, 0.717) is 12.6 Å². The fraction of sp³-hybridized carbons (Fsp3) is 0.700. The monoisotopic (exact) mass is 359 g/mol. The number of guanidine groups is 1. The summed E-state index contributed by atoms with van der Waals surface area (Å²) in [4.78, 5) is 14.2. The number of rotatable bonds is 6. The molecule has 0 aromatic carbocycles. The van der Waals surface area contributed by atoms with Gasteiger partial charge >= 0.3 is 0 Å². The van der Waals surface area contributed by atoms with Crippen LogP contribution in [0.15, 0.2) is 23.3 Å². The third kappa shape index (κ3) is 5.10. The number of anilines is 1. The van der Waals surface area contributed by atoms with Gasteiger partial charge in [-0.3, -0.25) is 0 Å². The maximum Gasteiger partial charge on any atom is 0.194 e. The van der Waals surface area contributed by atoms with Crippen LogP contribution < -0.4 is 10.2 Å². The lowest BCUT2D eigenvalue weighted by molar-refractivity contribution is 0.0263. The summed E-state index contributed by atoms with van der Waals surface area (Å²) in [5.41, 5.74) is 1.16. The van der Waals surface area contributed by atoms with Crippen LogP contribution in [0.4, 0.5) is 5.82 Å². The van der Waals surface area contributed by atoms with Gasteiger partial charge in [-0.1, -0.05) is 6.07 Å². The number of ether oxygens (including phenoxy) is 1. The largest absolute Gasteiger partial charge is 0.378 e. The zero-order valence-electron chi connectivity index (χ0n) is 16.3. The standard InChI is InChI=1S/C20H33N5O/c1-3-21-20(25-13-9-18(10-14-25)26-4-2)23-16-17-7-8-19(22-15-17)24-11-5-6-12-24/h7-8,15,18H,3-6,9-14,16H2,1-2H3,(H,21,23). The van der Waals surface area contributed by atoms with Crippen molar-refractivity contribution >= 4 is 11.8 Å². The van der Waals surface area contributed by atoms with Gasteiger partial charge in [0.2, 0.25) is 0 Å². The van der Waals surface area contributed by atoms with Crippen LogP contribution in [0, 0.1) is 0 Å². The molecular weight excluding hydrogens is 326 g/mol. The molecule has 6 heteroatoms. The number of nitrogens with zero attached hydrogens (tertiary/aromatic N) is 4. The van der Waals surface area contributed by atoms with Crippen LogP contribution in [0.5, 0.6) is 0 Å². The van der Waals surface area contributed by atoms with Gasteiger partial charge in [-0.15, -0.1) is 0 Å². The van der Waals surface area contributed by atoms with Crippen molar-refractivity contribution in [2.45, 2.75) is 52.2 Å². The van der Waals surface area contributed by atoms with Crippen LogP contribution in [0.3, 0.4) is 0 Å². The highest BCUT2D eigenvalue weighted by Crippen LogP contribution is 2.18. The molecule has 1 N–H and O–H groups in total. The van der Waals surface area contributed by atoms with Crippen molar-refractivity contribution in [2.75, 3.05) is 44.2 Å². The first-order chi connectivity index (χ1) is 12.8. The van der Waals surface area contributed by atoms with Gasteiger partial charge < -0.3 is 19.9 Å². The minimum atomic E-state index is 0.404. The van der Waals surface area contributed by atoms with Crippen molar-refractivity contribution in [3.63, 3.8) is 0 Å². The van der Waals surface area contributed by atoms with Gasteiger partial charge in [-0.25, -0.2) is 9.98 Å². The van der Waals surface area contributed by atoms with E-state index in [1.54, 1.807) is 0 Å². The second-order valence-electron chi connectivity index (χ2n) is 7.03. The molecule has 2 aliphatic heterocycles. The number of nitrogens with one attached hydrogen (secondary N) is 1. The van der Waals surface area contributed by atoms with Crippen molar-refractivity contribution in [1.29, 1.82) is 0 Å². The molecular formula is C20H33N5O. The number of likely N-dealkylation sites (tertiary alicyclic amines) is 1. The summed E-state index contributed by atoms with van der Waals surface area (Å²) in [7, 11) is 0. The molecule has 2 aliphatic rings. The minimum absolute atomic E-state index is 0.404. The quantitative estimate of drug-likeness (QED) is 0.625. The molecule has 0 saturated carbocycles. The Hall–Kier alpha value is -1.82. The maximum atomic E-state index is 5.75. The molecule has 0 bridgehead atoms. The molecule has 2 saturated heterocycles. The Kier molecular flexibility index (Phi) is 7.12. The van der Waals surface area contributed by atoms with E-state index in [2.05, 4.69) is 46.1 Å². The maximum absolute atomic E-state index is 5.75. The number of hydrogen-bond donors (Lipinski definition) is 1. The van der Waals surface area contributed by atoms with E-state index >= 15 is 0 Å². The first kappa shape index (κ1) is 19.0. The van der Waals surface area contributed by atoms with E-state index < -0.39 is 0 Å². The molecule has 6 nitrogen and oxygen atoms in total. The van der Waals surface area contributed by atoms with Gasteiger partial charge in [0, 0.05) is 45.5 Å². The van der Waals surface area contributed by atoms with Crippen molar-refractivity contribution in [2.24, 2.45) is 4.99 Å². The summed E-state index contributed by atoms with van der Waals surface area (Å²) < 4.78 is 5.75. The molecule has 0 aliphatic carbocycles. The lowest BCUT2D eigenvalue weighted by Gasteiger charge is -2.34. The average molecular weight is 360 g/mol. The van der Waals surface area contributed by atoms with E-state index in [4.69, 9.17) is 9.73 Å². The predicted molar refractivity (Wildman–Crippen MR) is 107 cm³/mol. The SMILES string of the molecule is CCNC(=NCc1ccc(N2CCCC2)nc1)N1CCC(OCC)CC1. The lowest BCUT2D eigenvalue weighted by atomic mass is 10.1. The Balaban J connectivity index is 1.57. The molecule has 0 radical (unpaired) electrons. The summed E-state index contributed by atoms with van der Waals surface area (Å²) in [5, 5.41) is 3.43. The Bertz CT molecular complexity index is 560. The van der Waals surface area contributed by atoms with E-state index in [1.807, 2.05) is 6.20 Å². The van der Waals surface area contributed by atoms with Crippen LogP contribution in [0.1, 0.15) is 45.1 Å². The number of aromatic nitrogens is 1. The van der Waals surface area contributed by atoms with E-state index in [0.717, 1.165) is 69.5 Å². The third-order valence-corrected chi connectivity index (χ3v) is 5.13. The Labute approximate surface area is 157 Å². The van der Waals surface area contributed by atoms with Gasteiger partial charge in [0.1, 0.15) is 5.82 Å². The number of hydrogen-bond acceptors (Lipinski definition) is 4. The third-order valence-electron chi connectivity index (χ3n) is 5.13. The molecule has 2 fully saturated rings. The summed E-state index contributed by atoms with van der Waals surface area (Å²) in [6.45, 7) is 10.8. The van der Waals surface area contributed by atoms with Crippen molar-refractivity contribution in [3.8, 4) is 0 Å². The molecule has 0 spiro atoms. The fourth-order valence-corrected chi connectivity index (χ4v) is 3.71. The van der Waals surface area contributed by atoms with Crippen LogP contribution in [0.2, 0.25) is 0 Å². The topological polar surface area (TPSA) is 53.0 Å². The smallest absolute Gasteiger partial charge is 0.194 e. The molecule has 0 unspecified atom stereocenters. The van der Waals surface area contributed by atoms with Crippen LogP contribution in [0.25, 0.3) is 0 Å². The highest BCUT2D eigenvalue weighted by Gasteiger charge is 2.21. The zero-order valence-corrected chi connectivity index (χ0v) is 16.3. The Morgan fingerprint density at radius 3 is 2.58 bits per heavy atom. The molecule has 144 valence electrons. The minimum Gasteiger partial charge on any atom is -0.378 e. The van der Waals surface area contributed by atoms with E-state index in [9.17, 15) is 0 Å². The van der Waals surface area contributed by atoms with Gasteiger partial charge in [0.15, 0.2) is 5.96 Å². The normalized spacial score (nSPS) is 19.2. The first-order valence-electron chi connectivity index (χ1n) is 10.1. The second-order valence-corrected chi connectivity index (χ2v) is 7.03. The van der Waals surface area contributed by atoms with Gasteiger partial charge in [-0.2, -0.15) is 0 Å². The molecule has 26 heavy (non-hydrogen) atoms. The van der Waals surface area contributed by atoms with Gasteiger partial charge in [-0.05, 0) is 51.2 Å². The number of aliphatic imine (C=N–C) groups is 1. The molecule has 3 rings (SSSR count). The van der Waals surface area contributed by atoms with Crippen molar-refractivity contribution < 1.29 is 4.74 Å². The summed E-state index contributed by atoms with van der Waals surface area (Å²) in [5.74, 6) is 2.10. The van der Waals surface area contributed by atoms with Crippen molar-refractivity contribution in [1.82, 2.24) is 15.2 Å². The molecule has 0 amide bonds. The van der Waals surface area contributed by atoms with Crippen LogP contribution >= 0.6 is 0 Å². The summed E-state index contributed by atoms with van der Waals surface area (Å²) in [6.07, 6.45) is 7.08. The highest BCUT2D eigenvalue weighted by atomic mass is 16.5. The predicted octanol–water partition coefficient (Wildman–Crippen LogP) is 2.65.